The van der Waals surface area contributed by atoms with Crippen molar-refractivity contribution in [2.45, 2.75) is 0 Å². The predicted molar refractivity (Wildman–Crippen MR) is 14.9 cm³/mol. The maximum absolute atomic E-state index is 4.28. The molecular formula is C3H3O2. The summed E-state index contributed by atoms with van der Waals surface area (Å²) >= 11 is 0. The average molecular weight is 71.1 g/mol. The molecule has 27 valence electrons. The average Bonchev–Trinajstić information content (AvgIpc) is 1.76. The molecular weight excluding hydrogens is 68.0 g/mol. The third-order valence-corrected chi connectivity index (χ3v) is 0.342. The fourth-order valence-corrected chi connectivity index (χ4v) is 0.170. The van der Waals surface area contributed by atoms with Gasteiger partial charge in [0.25, 0.3) is 0 Å². The zero-order valence-corrected chi connectivity index (χ0v) is 2.60. The topological polar surface area (TPSA) is 18.5 Å². The SMILES string of the molecule is [C]1=COOC1. The molecule has 5 heavy (non-hydrogen) atoms. The van der Waals surface area contributed by atoms with Crippen molar-refractivity contribution in [3.8, 4) is 0 Å². The van der Waals surface area contributed by atoms with Crippen molar-refractivity contribution in [1.82, 2.24) is 0 Å². The van der Waals surface area contributed by atoms with Crippen molar-refractivity contribution in [2.75, 3.05) is 6.61 Å². The molecule has 2 nitrogen and oxygen atoms in total. The van der Waals surface area contributed by atoms with Crippen LogP contribution in [0.3, 0.4) is 0 Å². The third kappa shape index (κ3) is 0.389. The summed E-state index contributed by atoms with van der Waals surface area (Å²) in [6.45, 7) is 0.472. The summed E-state index contributed by atoms with van der Waals surface area (Å²) < 4.78 is 0. The summed E-state index contributed by atoms with van der Waals surface area (Å²) in [5.74, 6) is 0. The minimum absolute atomic E-state index is 0.472. The lowest BCUT2D eigenvalue weighted by Gasteiger charge is -1.80. The van der Waals surface area contributed by atoms with Crippen LogP contribution in [0.1, 0.15) is 0 Å². The first-order valence-corrected chi connectivity index (χ1v) is 1.33. The highest BCUT2D eigenvalue weighted by Gasteiger charge is 1.85. The van der Waals surface area contributed by atoms with E-state index >= 15 is 0 Å². The van der Waals surface area contributed by atoms with Gasteiger partial charge in [-0.1, -0.05) is 0 Å². The Labute approximate surface area is 29.9 Å². The van der Waals surface area contributed by atoms with Gasteiger partial charge in [0.05, 0.1) is 0 Å². The van der Waals surface area contributed by atoms with Crippen LogP contribution in [0.15, 0.2) is 6.26 Å². The zero-order valence-electron chi connectivity index (χ0n) is 2.60. The number of hydrogen-bond acceptors (Lipinski definition) is 2. The molecule has 1 rings (SSSR count). The molecule has 0 aliphatic carbocycles. The maximum Gasteiger partial charge on any atom is 0.135 e. The fourth-order valence-electron chi connectivity index (χ4n) is 0.170. The van der Waals surface area contributed by atoms with Crippen molar-refractivity contribution in [2.24, 2.45) is 0 Å². The Morgan fingerprint density at radius 2 is 2.80 bits per heavy atom. The van der Waals surface area contributed by atoms with Crippen molar-refractivity contribution in [3.63, 3.8) is 0 Å². The molecule has 0 fully saturated rings. The van der Waals surface area contributed by atoms with Gasteiger partial charge in [0.1, 0.15) is 12.9 Å². The monoisotopic (exact) mass is 71.0 g/mol. The molecule has 0 atom stereocenters. The molecule has 0 aromatic heterocycles. The van der Waals surface area contributed by atoms with Crippen LogP contribution in [-0.4, -0.2) is 6.61 Å². The maximum atomic E-state index is 4.28. The van der Waals surface area contributed by atoms with E-state index in [1.54, 1.807) is 0 Å². The van der Waals surface area contributed by atoms with E-state index in [-0.39, 0.29) is 0 Å². The minimum atomic E-state index is 0.472. The lowest BCUT2D eigenvalue weighted by molar-refractivity contribution is -0.221. The number of rotatable bonds is 0. The van der Waals surface area contributed by atoms with Crippen LogP contribution in [0.5, 0.6) is 0 Å². The Bertz CT molecular complexity index is 42.9. The van der Waals surface area contributed by atoms with Gasteiger partial charge in [0.15, 0.2) is 0 Å². The van der Waals surface area contributed by atoms with Gasteiger partial charge < -0.3 is 4.89 Å². The van der Waals surface area contributed by atoms with E-state index in [4.69, 9.17) is 0 Å². The smallest absolute Gasteiger partial charge is 0.135 e. The van der Waals surface area contributed by atoms with Crippen LogP contribution in [-0.2, 0) is 9.78 Å². The Balaban J connectivity index is 2.32. The van der Waals surface area contributed by atoms with E-state index in [2.05, 4.69) is 15.9 Å². The highest BCUT2D eigenvalue weighted by Crippen LogP contribution is 1.87. The first kappa shape index (κ1) is 2.72. The molecule has 0 spiro atoms. The van der Waals surface area contributed by atoms with Crippen molar-refractivity contribution in [1.29, 1.82) is 0 Å². The summed E-state index contributed by atoms with van der Waals surface area (Å²) in [5, 5.41) is 0. The fraction of sp³-hybridized carbons (Fsp3) is 0.333. The summed E-state index contributed by atoms with van der Waals surface area (Å²) in [6, 6.07) is 0. The quantitative estimate of drug-likeness (QED) is 0.381. The molecule has 2 heteroatoms. The zero-order chi connectivity index (χ0) is 3.54. The molecule has 0 saturated heterocycles. The normalized spacial score (nSPS) is 19.2. The highest BCUT2D eigenvalue weighted by molar-refractivity contribution is 4.62. The van der Waals surface area contributed by atoms with Gasteiger partial charge in [-0.2, -0.15) is 4.89 Å². The lowest BCUT2D eigenvalue weighted by Crippen LogP contribution is -1.73. The van der Waals surface area contributed by atoms with E-state index < -0.39 is 0 Å². The van der Waals surface area contributed by atoms with E-state index in [9.17, 15) is 0 Å². The van der Waals surface area contributed by atoms with Crippen LogP contribution in [0, 0.1) is 6.08 Å². The van der Waals surface area contributed by atoms with E-state index in [1.807, 2.05) is 0 Å². The van der Waals surface area contributed by atoms with Gasteiger partial charge in [-0.15, -0.1) is 0 Å². The Kier molecular flexibility index (Phi) is 0.588. The molecule has 0 N–H and O–H groups in total. The summed E-state index contributed by atoms with van der Waals surface area (Å²) in [7, 11) is 0. The molecule has 1 heterocycles. The molecule has 1 aliphatic heterocycles. The van der Waals surface area contributed by atoms with Gasteiger partial charge in [-0.05, 0) is 0 Å². The van der Waals surface area contributed by atoms with E-state index in [1.165, 1.54) is 6.26 Å². The van der Waals surface area contributed by atoms with Crippen LogP contribution in [0.25, 0.3) is 0 Å². The van der Waals surface area contributed by atoms with Gasteiger partial charge >= 0.3 is 0 Å². The molecule has 0 amide bonds. The Hall–Kier alpha value is -0.500. The molecule has 0 aromatic carbocycles. The van der Waals surface area contributed by atoms with Crippen molar-refractivity contribution in [3.05, 3.63) is 12.3 Å². The van der Waals surface area contributed by atoms with Gasteiger partial charge in [0, 0.05) is 6.08 Å². The van der Waals surface area contributed by atoms with Crippen molar-refractivity contribution >= 4 is 0 Å². The van der Waals surface area contributed by atoms with Crippen molar-refractivity contribution < 1.29 is 9.78 Å². The molecule has 0 saturated carbocycles. The van der Waals surface area contributed by atoms with E-state index in [0.29, 0.717) is 6.61 Å². The number of hydrogen-bond donors (Lipinski definition) is 0. The standard InChI is InChI=1S/C3H3O2/c1-2-4-5-3-1/h2H,3H2. The largest absolute Gasteiger partial charge is 0.345 e. The second kappa shape index (κ2) is 1.08. The van der Waals surface area contributed by atoms with Crippen LogP contribution in [0.2, 0.25) is 0 Å². The molecule has 1 aliphatic rings. The van der Waals surface area contributed by atoms with Crippen LogP contribution >= 0.6 is 0 Å². The first-order chi connectivity index (χ1) is 2.50. The molecule has 0 aromatic rings. The van der Waals surface area contributed by atoms with Crippen LogP contribution in [0.4, 0.5) is 0 Å². The summed E-state index contributed by atoms with van der Waals surface area (Å²) in [6.07, 6.45) is 4.04. The first-order valence-electron chi connectivity index (χ1n) is 1.33. The molecule has 0 unspecified atom stereocenters. The minimum Gasteiger partial charge on any atom is -0.345 e. The molecule has 1 radical (unpaired) electrons. The Morgan fingerprint density at radius 1 is 1.80 bits per heavy atom. The Morgan fingerprint density at radius 3 is 3.00 bits per heavy atom. The van der Waals surface area contributed by atoms with Gasteiger partial charge in [-0.25, -0.2) is 0 Å². The second-order valence-electron chi connectivity index (χ2n) is 0.680. The third-order valence-electron chi connectivity index (χ3n) is 0.342. The predicted octanol–water partition coefficient (Wildman–Crippen LogP) is 0.265. The van der Waals surface area contributed by atoms with Gasteiger partial charge in [-0.3, -0.25) is 0 Å². The summed E-state index contributed by atoms with van der Waals surface area (Å²) in [5.41, 5.74) is 0. The highest BCUT2D eigenvalue weighted by atomic mass is 17.2. The molecule has 0 bridgehead atoms. The van der Waals surface area contributed by atoms with E-state index in [0.717, 1.165) is 0 Å². The lowest BCUT2D eigenvalue weighted by atomic mass is 10.7. The summed E-state index contributed by atoms with van der Waals surface area (Å²) in [4.78, 5) is 8.49. The van der Waals surface area contributed by atoms with Gasteiger partial charge in [0.2, 0.25) is 0 Å². The second-order valence-corrected chi connectivity index (χ2v) is 0.680. The van der Waals surface area contributed by atoms with Crippen LogP contribution < -0.4 is 0 Å².